The fourth-order valence-electron chi connectivity index (χ4n) is 2.64. The van der Waals surface area contributed by atoms with E-state index in [0.29, 0.717) is 11.4 Å². The molecule has 2 heterocycles. The number of rotatable bonds is 3. The van der Waals surface area contributed by atoms with Crippen LogP contribution < -0.4 is 0 Å². The number of morpholine rings is 1. The summed E-state index contributed by atoms with van der Waals surface area (Å²) in [7, 11) is 0. The van der Waals surface area contributed by atoms with Gasteiger partial charge in [0.25, 0.3) is 5.91 Å². The second-order valence-corrected chi connectivity index (χ2v) is 5.95. The lowest BCUT2D eigenvalue weighted by atomic mass is 10.2. The van der Waals surface area contributed by atoms with Crippen LogP contribution >= 0.6 is 11.6 Å². The van der Waals surface area contributed by atoms with Gasteiger partial charge in [-0.1, -0.05) is 11.6 Å². The van der Waals surface area contributed by atoms with E-state index in [1.54, 1.807) is 6.92 Å². The predicted octanol–water partition coefficient (Wildman–Crippen LogP) is 1.90. The number of carbonyl (C=O) groups excluding carboxylic acids is 1. The van der Waals surface area contributed by atoms with Gasteiger partial charge in [0.05, 0.1) is 30.1 Å². The van der Waals surface area contributed by atoms with Crippen molar-refractivity contribution in [3.63, 3.8) is 0 Å². The number of hydrogen-bond acceptors (Lipinski definition) is 4. The standard InChI is InChI=1S/C16H15ClFN3O4/c1-9-13(15(22)20-6-7-25-12(8-20)16(23)24)14(17)21(19-9)11-4-2-10(18)3-5-11/h2-5,12H,6-8H2,1H3,(H,23,24)/t12-/m0/s1. The van der Waals surface area contributed by atoms with Crippen molar-refractivity contribution < 1.29 is 23.8 Å². The Balaban J connectivity index is 1.91. The highest BCUT2D eigenvalue weighted by molar-refractivity contribution is 6.33. The Morgan fingerprint density at radius 1 is 1.36 bits per heavy atom. The zero-order valence-electron chi connectivity index (χ0n) is 13.3. The van der Waals surface area contributed by atoms with E-state index in [0.717, 1.165) is 0 Å². The first-order valence-electron chi connectivity index (χ1n) is 7.53. The fourth-order valence-corrected chi connectivity index (χ4v) is 2.99. The van der Waals surface area contributed by atoms with E-state index < -0.39 is 23.8 Å². The number of ether oxygens (including phenoxy) is 1. The molecule has 2 aromatic rings. The lowest BCUT2D eigenvalue weighted by molar-refractivity contribution is -0.154. The molecule has 0 spiro atoms. The van der Waals surface area contributed by atoms with Crippen molar-refractivity contribution in [3.8, 4) is 5.69 Å². The lowest BCUT2D eigenvalue weighted by Crippen LogP contribution is -2.48. The number of aliphatic carboxylic acids is 1. The van der Waals surface area contributed by atoms with Crippen LogP contribution in [0.2, 0.25) is 5.15 Å². The van der Waals surface area contributed by atoms with E-state index in [4.69, 9.17) is 21.4 Å². The molecule has 25 heavy (non-hydrogen) atoms. The largest absolute Gasteiger partial charge is 0.479 e. The molecule has 0 radical (unpaired) electrons. The zero-order valence-corrected chi connectivity index (χ0v) is 14.0. The van der Waals surface area contributed by atoms with Crippen molar-refractivity contribution in [2.45, 2.75) is 13.0 Å². The van der Waals surface area contributed by atoms with Gasteiger partial charge in [0.1, 0.15) is 11.0 Å². The van der Waals surface area contributed by atoms with Crippen molar-refractivity contribution in [2.24, 2.45) is 0 Å². The highest BCUT2D eigenvalue weighted by Gasteiger charge is 2.32. The molecule has 1 fully saturated rings. The monoisotopic (exact) mass is 367 g/mol. The number of aromatic nitrogens is 2. The molecule has 1 aliphatic heterocycles. The van der Waals surface area contributed by atoms with Gasteiger partial charge in [0.15, 0.2) is 6.10 Å². The van der Waals surface area contributed by atoms with Crippen LogP contribution in [0.3, 0.4) is 0 Å². The summed E-state index contributed by atoms with van der Waals surface area (Å²) < 4.78 is 19.5. The average Bonchev–Trinajstić information content (AvgIpc) is 2.89. The highest BCUT2D eigenvalue weighted by Crippen LogP contribution is 2.25. The molecule has 1 aromatic carbocycles. The average molecular weight is 368 g/mol. The van der Waals surface area contributed by atoms with Crippen molar-refractivity contribution >= 4 is 23.5 Å². The number of carboxylic acids is 1. The summed E-state index contributed by atoms with van der Waals surface area (Å²) in [4.78, 5) is 25.2. The highest BCUT2D eigenvalue weighted by atomic mass is 35.5. The molecule has 132 valence electrons. The van der Waals surface area contributed by atoms with E-state index in [9.17, 15) is 14.0 Å². The number of halogens is 2. The van der Waals surface area contributed by atoms with Gasteiger partial charge in [0, 0.05) is 6.54 Å². The molecule has 9 heteroatoms. The smallest absolute Gasteiger partial charge is 0.334 e. The van der Waals surface area contributed by atoms with Gasteiger partial charge in [-0.2, -0.15) is 5.10 Å². The third-order valence-corrected chi connectivity index (χ3v) is 4.27. The van der Waals surface area contributed by atoms with Crippen LogP contribution in [-0.4, -0.2) is 57.5 Å². The maximum atomic E-state index is 13.1. The Morgan fingerprint density at radius 3 is 2.68 bits per heavy atom. The molecule has 0 bridgehead atoms. The summed E-state index contributed by atoms with van der Waals surface area (Å²) in [6, 6.07) is 5.53. The molecule has 3 rings (SSSR count). The van der Waals surface area contributed by atoms with E-state index >= 15 is 0 Å². The first-order chi connectivity index (χ1) is 11.9. The Hall–Kier alpha value is -2.45. The van der Waals surface area contributed by atoms with Gasteiger partial charge < -0.3 is 14.7 Å². The SMILES string of the molecule is Cc1nn(-c2ccc(F)cc2)c(Cl)c1C(=O)N1CCO[C@H](C(=O)O)C1. The molecule has 7 nitrogen and oxygen atoms in total. The van der Waals surface area contributed by atoms with Gasteiger partial charge in [0.2, 0.25) is 0 Å². The molecule has 0 aliphatic carbocycles. The van der Waals surface area contributed by atoms with E-state index in [-0.39, 0.29) is 30.4 Å². The minimum absolute atomic E-state index is 0.0638. The van der Waals surface area contributed by atoms with E-state index in [1.807, 2.05) is 0 Å². The number of benzene rings is 1. The third kappa shape index (κ3) is 3.35. The Labute approximate surface area is 147 Å². The number of hydrogen-bond donors (Lipinski definition) is 1. The Kier molecular flexibility index (Phi) is 4.73. The minimum Gasteiger partial charge on any atom is -0.479 e. The number of amides is 1. The first kappa shape index (κ1) is 17.4. The maximum absolute atomic E-state index is 13.1. The number of aryl methyl sites for hydroxylation is 1. The van der Waals surface area contributed by atoms with Crippen molar-refractivity contribution in [2.75, 3.05) is 19.7 Å². The van der Waals surface area contributed by atoms with Crippen LogP contribution in [-0.2, 0) is 9.53 Å². The Bertz CT molecular complexity index is 822. The van der Waals surface area contributed by atoms with Crippen molar-refractivity contribution in [1.82, 2.24) is 14.7 Å². The molecule has 1 aliphatic rings. The summed E-state index contributed by atoms with van der Waals surface area (Å²) in [6.45, 7) is 1.96. The third-order valence-electron chi connectivity index (χ3n) is 3.92. The molecule has 0 saturated carbocycles. The number of carboxylic acid groups (broad SMARTS) is 1. The second kappa shape index (κ2) is 6.81. The van der Waals surface area contributed by atoms with Crippen LogP contribution in [0.4, 0.5) is 4.39 Å². The molecule has 1 amide bonds. The van der Waals surface area contributed by atoms with Crippen LogP contribution in [0.15, 0.2) is 24.3 Å². The zero-order chi connectivity index (χ0) is 18.1. The number of carbonyl (C=O) groups is 2. The molecular weight excluding hydrogens is 353 g/mol. The summed E-state index contributed by atoms with van der Waals surface area (Å²) >= 11 is 6.33. The van der Waals surface area contributed by atoms with Crippen molar-refractivity contribution in [1.29, 1.82) is 0 Å². The lowest BCUT2D eigenvalue weighted by Gasteiger charge is -2.30. The van der Waals surface area contributed by atoms with Gasteiger partial charge in [-0.05, 0) is 31.2 Å². The molecule has 0 unspecified atom stereocenters. The summed E-state index contributed by atoms with van der Waals surface area (Å²) in [6.07, 6.45) is -1.07. The molecular formula is C16H15ClFN3O4. The molecule has 1 atom stereocenters. The minimum atomic E-state index is -1.12. The van der Waals surface area contributed by atoms with Gasteiger partial charge >= 0.3 is 5.97 Å². The number of nitrogens with zero attached hydrogens (tertiary/aromatic N) is 3. The van der Waals surface area contributed by atoms with Crippen LogP contribution in [0.1, 0.15) is 16.1 Å². The second-order valence-electron chi connectivity index (χ2n) is 5.59. The van der Waals surface area contributed by atoms with Crippen LogP contribution in [0.25, 0.3) is 5.69 Å². The Morgan fingerprint density at radius 2 is 2.04 bits per heavy atom. The van der Waals surface area contributed by atoms with Crippen molar-refractivity contribution in [3.05, 3.63) is 46.5 Å². The summed E-state index contributed by atoms with van der Waals surface area (Å²) in [5, 5.41) is 13.4. The van der Waals surface area contributed by atoms with Gasteiger partial charge in [-0.15, -0.1) is 0 Å². The quantitative estimate of drug-likeness (QED) is 0.895. The topological polar surface area (TPSA) is 84.7 Å². The van der Waals surface area contributed by atoms with Crippen LogP contribution in [0, 0.1) is 12.7 Å². The molecule has 1 saturated heterocycles. The predicted molar refractivity (Wildman–Crippen MR) is 86.5 cm³/mol. The van der Waals surface area contributed by atoms with Gasteiger partial charge in [-0.25, -0.2) is 13.9 Å². The van der Waals surface area contributed by atoms with Gasteiger partial charge in [-0.3, -0.25) is 4.79 Å². The first-order valence-corrected chi connectivity index (χ1v) is 7.91. The molecule has 1 aromatic heterocycles. The van der Waals surface area contributed by atoms with Crippen LogP contribution in [0.5, 0.6) is 0 Å². The van der Waals surface area contributed by atoms with E-state index in [1.165, 1.54) is 33.8 Å². The summed E-state index contributed by atoms with van der Waals surface area (Å²) in [5.41, 5.74) is 1.11. The fraction of sp³-hybridized carbons (Fsp3) is 0.312. The van der Waals surface area contributed by atoms with E-state index in [2.05, 4.69) is 5.10 Å². The maximum Gasteiger partial charge on any atom is 0.334 e. The molecule has 1 N–H and O–H groups in total. The normalized spacial score (nSPS) is 17.6. The summed E-state index contributed by atoms with van der Waals surface area (Å²) in [5.74, 6) is -1.93.